The number of nitriles is 1. The number of halogens is 4. The molecular formula is C28H25ClF3N5O3. The van der Waals surface area contributed by atoms with Crippen molar-refractivity contribution >= 4 is 34.8 Å². The number of para-hydroxylation sites is 2. The summed E-state index contributed by atoms with van der Waals surface area (Å²) in [7, 11) is 3.03. The molecule has 0 saturated carbocycles. The number of benzene rings is 2. The molecule has 0 aliphatic carbocycles. The van der Waals surface area contributed by atoms with Crippen LogP contribution in [0.3, 0.4) is 0 Å². The number of anilines is 2. The van der Waals surface area contributed by atoms with Crippen LogP contribution in [-0.2, 0) is 11.0 Å². The van der Waals surface area contributed by atoms with Crippen LogP contribution < -0.4 is 15.0 Å². The Balaban J connectivity index is 1.77. The lowest BCUT2D eigenvalue weighted by Crippen LogP contribution is -2.31. The van der Waals surface area contributed by atoms with Gasteiger partial charge in [0, 0.05) is 56.1 Å². The number of carbonyl (C=O) groups is 2. The maximum Gasteiger partial charge on any atom is 0.433 e. The minimum Gasteiger partial charge on any atom is -0.495 e. The van der Waals surface area contributed by atoms with Gasteiger partial charge in [-0.25, -0.2) is 0 Å². The van der Waals surface area contributed by atoms with Crippen molar-refractivity contribution in [2.24, 2.45) is 0 Å². The Morgan fingerprint density at radius 2 is 2.00 bits per heavy atom. The topological polar surface area (TPSA) is 98.6 Å². The highest BCUT2D eigenvalue weighted by Gasteiger charge is 2.33. The van der Waals surface area contributed by atoms with Gasteiger partial charge in [-0.15, -0.1) is 0 Å². The highest BCUT2D eigenvalue weighted by Crippen LogP contribution is 2.38. The number of amides is 2. The third-order valence-corrected chi connectivity index (χ3v) is 6.88. The third kappa shape index (κ3) is 5.97. The Kier molecular flexibility index (Phi) is 8.49. The second-order valence-electron chi connectivity index (χ2n) is 9.05. The molecule has 2 amide bonds. The van der Waals surface area contributed by atoms with E-state index in [1.807, 2.05) is 0 Å². The number of methoxy groups -OCH3 is 1. The number of carbonyl (C=O) groups excluding carboxylic acids is 2. The molecular weight excluding hydrogens is 547 g/mol. The maximum absolute atomic E-state index is 13.8. The molecule has 12 heteroatoms. The van der Waals surface area contributed by atoms with Gasteiger partial charge in [-0.3, -0.25) is 14.6 Å². The van der Waals surface area contributed by atoms with Gasteiger partial charge in [0.15, 0.2) is 0 Å². The second-order valence-corrected chi connectivity index (χ2v) is 9.46. The molecule has 40 heavy (non-hydrogen) atoms. The van der Waals surface area contributed by atoms with Crippen molar-refractivity contribution in [3.05, 3.63) is 70.5 Å². The second kappa shape index (κ2) is 11.8. The maximum atomic E-state index is 13.8. The fourth-order valence-electron chi connectivity index (χ4n) is 4.48. The lowest BCUT2D eigenvalue weighted by atomic mass is 9.98. The highest BCUT2D eigenvalue weighted by atomic mass is 35.5. The lowest BCUT2D eigenvalue weighted by Gasteiger charge is -2.23. The average molecular weight is 572 g/mol. The fraction of sp³-hybridized carbons (Fsp3) is 0.286. The van der Waals surface area contributed by atoms with Gasteiger partial charge in [0.1, 0.15) is 11.4 Å². The Morgan fingerprint density at radius 3 is 2.65 bits per heavy atom. The number of hydrogen-bond acceptors (Lipinski definition) is 6. The van der Waals surface area contributed by atoms with Gasteiger partial charge in [-0.1, -0.05) is 23.7 Å². The molecule has 0 spiro atoms. The van der Waals surface area contributed by atoms with E-state index in [9.17, 15) is 28.0 Å². The molecule has 1 aliphatic rings. The van der Waals surface area contributed by atoms with Gasteiger partial charge in [0.2, 0.25) is 5.91 Å². The van der Waals surface area contributed by atoms with E-state index in [1.54, 1.807) is 42.3 Å². The van der Waals surface area contributed by atoms with Crippen LogP contribution in [0.5, 0.6) is 5.75 Å². The summed E-state index contributed by atoms with van der Waals surface area (Å²) < 4.78 is 45.0. The summed E-state index contributed by atoms with van der Waals surface area (Å²) in [5.41, 5.74) is -0.330. The van der Waals surface area contributed by atoms with E-state index < -0.39 is 17.8 Å². The quantitative estimate of drug-likeness (QED) is 0.377. The first kappa shape index (κ1) is 28.7. The fourth-order valence-corrected chi connectivity index (χ4v) is 4.75. The molecule has 1 aliphatic heterocycles. The monoisotopic (exact) mass is 571 g/mol. The van der Waals surface area contributed by atoms with Crippen LogP contribution in [0, 0.1) is 11.3 Å². The van der Waals surface area contributed by atoms with Crippen LogP contribution in [0.2, 0.25) is 5.02 Å². The molecule has 208 valence electrons. The Bertz CT molecular complexity index is 1490. The largest absolute Gasteiger partial charge is 0.495 e. The molecule has 0 atom stereocenters. The zero-order valence-electron chi connectivity index (χ0n) is 21.7. The number of aromatic nitrogens is 1. The number of hydrogen-bond donors (Lipinski definition) is 1. The first-order valence-corrected chi connectivity index (χ1v) is 12.7. The number of alkyl halides is 3. The predicted molar refractivity (Wildman–Crippen MR) is 144 cm³/mol. The van der Waals surface area contributed by atoms with Crippen molar-refractivity contribution in [3.63, 3.8) is 0 Å². The van der Waals surface area contributed by atoms with Crippen LogP contribution in [0.4, 0.5) is 24.5 Å². The minimum atomic E-state index is -4.74. The standard InChI is InChI=1S/C28H25ClF3N5O3/c1-36(23-6-3-4-7-24(23)40-2)27(39)19-13-18(20-16-35-25(28(30,31)32)12-17(20)15-33)21(29)14-22(19)34-9-11-37-10-5-8-26(37)38/h3-4,6-7,12-14,16,34H,5,8-11H2,1-2H3. The molecule has 0 radical (unpaired) electrons. The Morgan fingerprint density at radius 1 is 1.25 bits per heavy atom. The zero-order valence-corrected chi connectivity index (χ0v) is 22.4. The van der Waals surface area contributed by atoms with E-state index in [2.05, 4.69) is 10.3 Å². The number of rotatable bonds is 8. The summed E-state index contributed by atoms with van der Waals surface area (Å²) in [6, 6.07) is 12.2. The smallest absolute Gasteiger partial charge is 0.433 e. The normalized spacial score (nSPS) is 13.2. The number of ether oxygens (including phenoxy) is 1. The molecule has 1 saturated heterocycles. The van der Waals surface area contributed by atoms with Crippen molar-refractivity contribution < 1.29 is 27.5 Å². The highest BCUT2D eigenvalue weighted by molar-refractivity contribution is 6.34. The van der Waals surface area contributed by atoms with Crippen molar-refractivity contribution in [2.45, 2.75) is 19.0 Å². The summed E-state index contributed by atoms with van der Waals surface area (Å²) in [4.78, 5) is 32.4. The van der Waals surface area contributed by atoms with Crippen molar-refractivity contribution in [1.29, 1.82) is 5.26 Å². The summed E-state index contributed by atoms with van der Waals surface area (Å²) >= 11 is 6.56. The first-order valence-electron chi connectivity index (χ1n) is 12.3. The first-order chi connectivity index (χ1) is 19.0. The summed E-state index contributed by atoms with van der Waals surface area (Å²) in [6.07, 6.45) is -2.53. The number of nitrogens with zero attached hydrogens (tertiary/aromatic N) is 4. The molecule has 1 N–H and O–H groups in total. The molecule has 2 heterocycles. The van der Waals surface area contributed by atoms with E-state index in [0.717, 1.165) is 12.6 Å². The van der Waals surface area contributed by atoms with Crippen LogP contribution in [0.25, 0.3) is 11.1 Å². The van der Waals surface area contributed by atoms with E-state index in [0.29, 0.717) is 49.2 Å². The molecule has 2 aromatic carbocycles. The van der Waals surface area contributed by atoms with Gasteiger partial charge >= 0.3 is 6.18 Å². The molecule has 4 rings (SSSR count). The van der Waals surface area contributed by atoms with E-state index in [1.165, 1.54) is 24.1 Å². The lowest BCUT2D eigenvalue weighted by molar-refractivity contribution is -0.141. The Hall–Kier alpha value is -4.30. The summed E-state index contributed by atoms with van der Waals surface area (Å²) in [5, 5.41) is 12.9. The zero-order chi connectivity index (χ0) is 29.0. The molecule has 1 aromatic heterocycles. The summed E-state index contributed by atoms with van der Waals surface area (Å²) in [5.74, 6) is 0.0371. The van der Waals surface area contributed by atoms with E-state index in [4.69, 9.17) is 16.3 Å². The average Bonchev–Trinajstić information content (AvgIpc) is 3.35. The van der Waals surface area contributed by atoms with E-state index >= 15 is 0 Å². The predicted octanol–water partition coefficient (Wildman–Crippen LogP) is 5.61. The number of likely N-dealkylation sites (tertiary alicyclic amines) is 1. The van der Waals surface area contributed by atoms with Crippen molar-refractivity contribution in [2.75, 3.05) is 44.0 Å². The van der Waals surface area contributed by atoms with Crippen LogP contribution in [0.15, 0.2) is 48.7 Å². The van der Waals surface area contributed by atoms with Crippen LogP contribution >= 0.6 is 11.6 Å². The van der Waals surface area contributed by atoms with Gasteiger partial charge in [-0.2, -0.15) is 18.4 Å². The van der Waals surface area contributed by atoms with Crippen molar-refractivity contribution in [3.8, 4) is 22.9 Å². The van der Waals surface area contributed by atoms with Gasteiger partial charge in [0.05, 0.1) is 35.0 Å². The van der Waals surface area contributed by atoms with Gasteiger partial charge < -0.3 is 19.9 Å². The van der Waals surface area contributed by atoms with Crippen LogP contribution in [-0.4, -0.2) is 55.5 Å². The molecule has 0 bridgehead atoms. The van der Waals surface area contributed by atoms with E-state index in [-0.39, 0.29) is 33.2 Å². The minimum absolute atomic E-state index is 0.0451. The van der Waals surface area contributed by atoms with Crippen molar-refractivity contribution in [1.82, 2.24) is 9.88 Å². The molecule has 0 unspecified atom stereocenters. The summed E-state index contributed by atoms with van der Waals surface area (Å²) in [6.45, 7) is 1.39. The SMILES string of the molecule is COc1ccccc1N(C)C(=O)c1cc(-c2cnc(C(F)(F)F)cc2C#N)c(Cl)cc1NCCN1CCCC1=O. The molecule has 8 nitrogen and oxygen atoms in total. The number of pyridine rings is 1. The van der Waals surface area contributed by atoms with Gasteiger partial charge in [-0.05, 0) is 36.8 Å². The number of nitrogens with one attached hydrogen (secondary N) is 1. The third-order valence-electron chi connectivity index (χ3n) is 6.56. The molecule has 1 fully saturated rings. The van der Waals surface area contributed by atoms with Crippen LogP contribution in [0.1, 0.15) is 34.5 Å². The Labute approximate surface area is 233 Å². The van der Waals surface area contributed by atoms with Gasteiger partial charge in [0.25, 0.3) is 5.91 Å². The molecule has 3 aromatic rings.